The first-order valence-corrected chi connectivity index (χ1v) is 15.0. The topological polar surface area (TPSA) is 78.0 Å². The third-order valence-electron chi connectivity index (χ3n) is 6.68. The number of allylic oxidation sites excluding steroid dienone is 2. The molecule has 2 aromatic carbocycles. The van der Waals surface area contributed by atoms with Gasteiger partial charge >= 0.3 is 6.18 Å². The minimum absolute atomic E-state index is 0.0326. The lowest BCUT2D eigenvalue weighted by Gasteiger charge is -2.36. The Morgan fingerprint density at radius 1 is 1.26 bits per heavy atom. The van der Waals surface area contributed by atoms with Crippen LogP contribution >= 0.6 is 11.6 Å². The van der Waals surface area contributed by atoms with Crippen LogP contribution in [0, 0.1) is 5.82 Å². The van der Waals surface area contributed by atoms with Crippen LogP contribution in [0.15, 0.2) is 65.9 Å². The minimum atomic E-state index is -4.85. The summed E-state index contributed by atoms with van der Waals surface area (Å²) in [6.45, 7) is 6.71. The van der Waals surface area contributed by atoms with Gasteiger partial charge in [0.2, 0.25) is 5.88 Å². The van der Waals surface area contributed by atoms with Gasteiger partial charge in [0.1, 0.15) is 17.7 Å². The second kappa shape index (κ2) is 12.8. The maximum absolute atomic E-state index is 14.6. The zero-order valence-electron chi connectivity index (χ0n) is 23.5. The van der Waals surface area contributed by atoms with Crippen molar-refractivity contribution in [3.05, 3.63) is 88.5 Å². The van der Waals surface area contributed by atoms with Crippen molar-refractivity contribution in [2.75, 3.05) is 24.6 Å². The molecule has 0 saturated heterocycles. The Balaban J connectivity index is 1.85. The van der Waals surface area contributed by atoms with E-state index in [1.54, 1.807) is 38.1 Å². The Labute approximate surface area is 252 Å². The van der Waals surface area contributed by atoms with Crippen molar-refractivity contribution < 1.29 is 40.2 Å². The van der Waals surface area contributed by atoms with E-state index in [1.165, 1.54) is 25.3 Å². The van der Waals surface area contributed by atoms with Crippen LogP contribution in [0.3, 0.4) is 0 Å². The quantitative estimate of drug-likeness (QED) is 0.128. The summed E-state index contributed by atoms with van der Waals surface area (Å²) in [5.74, 6) is -0.367. The molecule has 0 amide bonds. The molecule has 0 aliphatic carbocycles. The van der Waals surface area contributed by atoms with E-state index in [9.17, 15) is 26.0 Å². The van der Waals surface area contributed by atoms with Crippen LogP contribution in [0.1, 0.15) is 43.4 Å². The van der Waals surface area contributed by atoms with Crippen molar-refractivity contribution in [1.29, 1.82) is 0 Å². The largest absolute Gasteiger partial charge is 0.502 e. The number of hydrogen-bond acceptors (Lipinski definition) is 6. The normalized spacial score (nSPS) is 15.5. The van der Waals surface area contributed by atoms with Gasteiger partial charge in [0, 0.05) is 18.2 Å². The summed E-state index contributed by atoms with van der Waals surface area (Å²) in [5.41, 5.74) is -0.0611. The summed E-state index contributed by atoms with van der Waals surface area (Å²) in [6.07, 6.45) is -2.74. The maximum Gasteiger partial charge on any atom is 0.417 e. The zero-order valence-corrected chi connectivity index (χ0v) is 25.1. The van der Waals surface area contributed by atoms with Crippen LogP contribution < -0.4 is 13.8 Å². The summed E-state index contributed by atoms with van der Waals surface area (Å²) in [5, 5.41) is 0.195. The van der Waals surface area contributed by atoms with Crippen LogP contribution in [0.25, 0.3) is 11.6 Å². The number of pyridine rings is 1. The molecule has 2 heterocycles. The predicted octanol–water partition coefficient (Wildman–Crippen LogP) is 7.75. The molecule has 7 nitrogen and oxygen atoms in total. The number of hydrogen-bond donors (Lipinski definition) is 0. The summed E-state index contributed by atoms with van der Waals surface area (Å²) >= 11 is 6.22. The van der Waals surface area contributed by atoms with Crippen molar-refractivity contribution in [3.8, 4) is 11.6 Å². The molecule has 3 aromatic rings. The van der Waals surface area contributed by atoms with Gasteiger partial charge in [-0.1, -0.05) is 36.4 Å². The van der Waals surface area contributed by atoms with Gasteiger partial charge in [0.05, 0.1) is 42.3 Å². The highest BCUT2D eigenvalue weighted by molar-refractivity contribution is 7.93. The average molecular weight is 641 g/mol. The van der Waals surface area contributed by atoms with Crippen LogP contribution in [-0.2, 0) is 20.9 Å². The molecule has 1 aromatic heterocycles. The van der Waals surface area contributed by atoms with E-state index in [0.29, 0.717) is 42.0 Å². The highest BCUT2D eigenvalue weighted by atomic mass is 35.5. The van der Waals surface area contributed by atoms with Gasteiger partial charge in [0.25, 0.3) is 10.0 Å². The smallest absolute Gasteiger partial charge is 0.417 e. The lowest BCUT2D eigenvalue weighted by atomic mass is 10.0. The summed E-state index contributed by atoms with van der Waals surface area (Å²) in [7, 11) is -3.23. The molecular weight excluding hydrogens is 612 g/mol. The number of alkyl halides is 3. The molecule has 0 saturated carbocycles. The molecule has 1 aliphatic rings. The number of methoxy groups -OCH3 is 1. The number of sulfonamides is 1. The van der Waals surface area contributed by atoms with E-state index in [0.717, 1.165) is 4.31 Å². The first kappa shape index (κ1) is 32.2. The van der Waals surface area contributed by atoms with Gasteiger partial charge in [-0.05, 0) is 61.7 Å². The van der Waals surface area contributed by atoms with Gasteiger partial charge in [-0.2, -0.15) is 13.2 Å². The van der Waals surface area contributed by atoms with Crippen molar-refractivity contribution in [2.24, 2.45) is 0 Å². The first-order valence-electron chi connectivity index (χ1n) is 13.1. The number of benzene rings is 2. The molecule has 230 valence electrons. The molecule has 0 fully saturated rings. The number of fused-ring (bicyclic) bond motifs is 1. The molecule has 0 radical (unpaired) electrons. The summed E-state index contributed by atoms with van der Waals surface area (Å²) in [6, 6.07) is 9.50. The number of nitrogens with zero attached hydrogens (tertiary/aromatic N) is 2. The lowest BCUT2D eigenvalue weighted by molar-refractivity contribution is -0.138. The number of halogens is 5. The fraction of sp³-hybridized carbons (Fsp3) is 0.300. The Hall–Kier alpha value is -3.77. The second-order valence-electron chi connectivity index (χ2n) is 9.67. The SMILES string of the molecule is C=C(CCC1CN(S(=O)(=O)c2cc(C(F)(F)F)cnc2OCC)c2cc(C=C(C)c3c(F)cccc3Cl)ccc2O1)OC. The Bertz CT molecular complexity index is 1640. The van der Waals surface area contributed by atoms with Crippen LogP contribution in [0.5, 0.6) is 11.6 Å². The lowest BCUT2D eigenvalue weighted by Crippen LogP contribution is -2.43. The maximum atomic E-state index is 14.6. The van der Waals surface area contributed by atoms with Crippen LogP contribution in [0.4, 0.5) is 23.2 Å². The van der Waals surface area contributed by atoms with Gasteiger partial charge in [0.15, 0.2) is 4.90 Å². The fourth-order valence-electron chi connectivity index (χ4n) is 4.55. The molecule has 1 aliphatic heterocycles. The summed E-state index contributed by atoms with van der Waals surface area (Å²) < 4.78 is 101. The molecule has 43 heavy (non-hydrogen) atoms. The van der Waals surface area contributed by atoms with E-state index in [1.807, 2.05) is 0 Å². The van der Waals surface area contributed by atoms with Gasteiger partial charge < -0.3 is 14.2 Å². The molecule has 13 heteroatoms. The van der Waals surface area contributed by atoms with E-state index in [-0.39, 0.29) is 35.2 Å². The third kappa shape index (κ3) is 7.07. The van der Waals surface area contributed by atoms with Gasteiger partial charge in [-0.15, -0.1) is 0 Å². The first-order chi connectivity index (χ1) is 20.3. The van der Waals surface area contributed by atoms with E-state index in [2.05, 4.69) is 11.6 Å². The number of aromatic nitrogens is 1. The predicted molar refractivity (Wildman–Crippen MR) is 156 cm³/mol. The molecule has 4 rings (SSSR count). The highest BCUT2D eigenvalue weighted by Gasteiger charge is 2.39. The van der Waals surface area contributed by atoms with Crippen molar-refractivity contribution >= 4 is 39.0 Å². The highest BCUT2D eigenvalue weighted by Crippen LogP contribution is 2.42. The molecular formula is C30H29ClF4N2O5S. The summed E-state index contributed by atoms with van der Waals surface area (Å²) in [4.78, 5) is 2.94. The Morgan fingerprint density at radius 3 is 2.65 bits per heavy atom. The fourth-order valence-corrected chi connectivity index (χ4v) is 6.47. The van der Waals surface area contributed by atoms with Gasteiger partial charge in [-0.25, -0.2) is 17.8 Å². The number of anilines is 1. The molecule has 0 spiro atoms. The van der Waals surface area contributed by atoms with Crippen molar-refractivity contribution in [1.82, 2.24) is 4.98 Å². The molecule has 0 bridgehead atoms. The standard InChI is InChI=1S/C30H29ClF4N2O5S/c1-5-41-29-27(15-21(16-36-29)30(33,34)35)43(38,39)37-17-22(11-9-19(3)40-4)42-26-12-10-20(14-25(26)37)13-18(2)28-23(31)7-6-8-24(28)32/h6-8,10,12-16,22H,3,5,9,11,17H2,1-2,4H3. The molecule has 1 atom stereocenters. The monoisotopic (exact) mass is 640 g/mol. The average Bonchev–Trinajstić information content (AvgIpc) is 2.95. The molecule has 1 unspecified atom stereocenters. The van der Waals surface area contributed by atoms with E-state index >= 15 is 0 Å². The molecule has 0 N–H and O–H groups in total. The van der Waals surface area contributed by atoms with Crippen molar-refractivity contribution in [3.63, 3.8) is 0 Å². The van der Waals surface area contributed by atoms with Gasteiger partial charge in [-0.3, -0.25) is 4.31 Å². The van der Waals surface area contributed by atoms with E-state index in [4.69, 9.17) is 25.8 Å². The number of rotatable bonds is 10. The minimum Gasteiger partial charge on any atom is -0.502 e. The van der Waals surface area contributed by atoms with E-state index < -0.39 is 44.5 Å². The Kier molecular flexibility index (Phi) is 9.60. The zero-order chi connectivity index (χ0) is 31.5. The van der Waals surface area contributed by atoms with Crippen LogP contribution in [-0.4, -0.2) is 39.8 Å². The van der Waals surface area contributed by atoms with Crippen LogP contribution in [0.2, 0.25) is 5.02 Å². The number of ether oxygens (including phenoxy) is 3. The van der Waals surface area contributed by atoms with Crippen molar-refractivity contribution in [2.45, 2.75) is 43.9 Å². The second-order valence-corrected chi connectivity index (χ2v) is 11.9. The third-order valence-corrected chi connectivity index (χ3v) is 8.77. The Morgan fingerprint density at radius 2 is 2.00 bits per heavy atom.